The summed E-state index contributed by atoms with van der Waals surface area (Å²) in [6.45, 7) is 10.2. The molecule has 5 heteroatoms. The van der Waals surface area contributed by atoms with Gasteiger partial charge in [-0.1, -0.05) is 104 Å². The fraction of sp³-hybridized carbons (Fsp3) is 0.774. The maximum absolute atomic E-state index is 13.0. The van der Waals surface area contributed by atoms with Crippen molar-refractivity contribution in [3.63, 3.8) is 0 Å². The minimum absolute atomic E-state index is 0.0362. The summed E-state index contributed by atoms with van der Waals surface area (Å²) < 4.78 is 11.7. The van der Waals surface area contributed by atoms with Crippen LogP contribution in [0.4, 0.5) is 0 Å². The van der Waals surface area contributed by atoms with Gasteiger partial charge in [-0.15, -0.1) is 0 Å². The summed E-state index contributed by atoms with van der Waals surface area (Å²) >= 11 is 0. The Kier molecular flexibility index (Phi) is 10.8. The number of carbonyl (C=O) groups excluding carboxylic acids is 3. The van der Waals surface area contributed by atoms with Crippen LogP contribution in [-0.4, -0.2) is 29.9 Å². The third kappa shape index (κ3) is 6.69. The Bertz CT molecular complexity index is 814. The van der Waals surface area contributed by atoms with Gasteiger partial charge in [0.25, 0.3) is 0 Å². The Labute approximate surface area is 218 Å². The van der Waals surface area contributed by atoms with Crippen LogP contribution in [0.3, 0.4) is 0 Å². The molecule has 202 valence electrons. The second-order valence-electron chi connectivity index (χ2n) is 11.6. The van der Waals surface area contributed by atoms with E-state index in [1.54, 1.807) is 6.08 Å². The van der Waals surface area contributed by atoms with E-state index in [0.717, 1.165) is 19.3 Å². The highest BCUT2D eigenvalue weighted by Crippen LogP contribution is 2.54. The number of ether oxygens (including phenoxy) is 2. The predicted octanol–water partition coefficient (Wildman–Crippen LogP) is 7.28. The topological polar surface area (TPSA) is 69.7 Å². The standard InChI is InChI=1S/C31H48O5/c1-5-6-7-8-9-10-11-12-13-14-15-16-17-18-27(33)36-29-28-23(3)30(34)35-25(28)21-22(2)24-19-20-26(32)31(24,29)4/h19-20,22,24-25,28-29H,3,5-18,21H2,1-2,4H3. The zero-order valence-electron chi connectivity index (χ0n) is 22.9. The van der Waals surface area contributed by atoms with Gasteiger partial charge in [0.15, 0.2) is 5.78 Å². The lowest BCUT2D eigenvalue weighted by molar-refractivity contribution is -0.165. The monoisotopic (exact) mass is 500 g/mol. The van der Waals surface area contributed by atoms with Gasteiger partial charge in [0.05, 0.1) is 11.3 Å². The zero-order chi connectivity index (χ0) is 26.1. The molecule has 36 heavy (non-hydrogen) atoms. The molecule has 5 nitrogen and oxygen atoms in total. The van der Waals surface area contributed by atoms with Crippen molar-refractivity contribution >= 4 is 17.7 Å². The van der Waals surface area contributed by atoms with Gasteiger partial charge < -0.3 is 9.47 Å². The molecule has 0 aromatic heterocycles. The van der Waals surface area contributed by atoms with E-state index >= 15 is 0 Å². The summed E-state index contributed by atoms with van der Waals surface area (Å²) in [5.74, 6) is -1.14. The van der Waals surface area contributed by atoms with E-state index < -0.39 is 29.5 Å². The third-order valence-corrected chi connectivity index (χ3v) is 8.88. The normalized spacial score (nSPS) is 31.2. The lowest BCUT2D eigenvalue weighted by Gasteiger charge is -2.39. The highest BCUT2D eigenvalue weighted by molar-refractivity contribution is 5.99. The van der Waals surface area contributed by atoms with Gasteiger partial charge in [-0.05, 0) is 37.7 Å². The van der Waals surface area contributed by atoms with Gasteiger partial charge in [-0.2, -0.15) is 0 Å². The summed E-state index contributed by atoms with van der Waals surface area (Å²) in [6.07, 6.45) is 19.7. The van der Waals surface area contributed by atoms with Gasteiger partial charge in [-0.25, -0.2) is 4.79 Å². The molecule has 0 spiro atoms. The molecule has 1 aliphatic heterocycles. The molecule has 6 unspecified atom stereocenters. The number of rotatable bonds is 15. The van der Waals surface area contributed by atoms with Gasteiger partial charge in [0.2, 0.25) is 0 Å². The van der Waals surface area contributed by atoms with Gasteiger partial charge in [-0.3, -0.25) is 9.59 Å². The van der Waals surface area contributed by atoms with E-state index in [1.165, 1.54) is 64.2 Å². The molecule has 2 aliphatic carbocycles. The number of carbonyl (C=O) groups is 3. The number of esters is 2. The molecule has 3 aliphatic rings. The Hall–Kier alpha value is -1.91. The number of hydrogen-bond donors (Lipinski definition) is 0. The molecule has 0 bridgehead atoms. The molecule has 0 aromatic carbocycles. The Balaban J connectivity index is 1.41. The van der Waals surface area contributed by atoms with E-state index in [2.05, 4.69) is 20.4 Å². The summed E-state index contributed by atoms with van der Waals surface area (Å²) in [5, 5.41) is 0. The Morgan fingerprint density at radius 2 is 1.56 bits per heavy atom. The Morgan fingerprint density at radius 3 is 2.14 bits per heavy atom. The summed E-state index contributed by atoms with van der Waals surface area (Å²) in [7, 11) is 0. The molecule has 0 radical (unpaired) electrons. The molecule has 6 atom stereocenters. The molecular formula is C31H48O5. The molecule has 1 heterocycles. The van der Waals surface area contributed by atoms with E-state index in [1.807, 2.05) is 13.0 Å². The first-order chi connectivity index (χ1) is 17.3. The molecular weight excluding hydrogens is 452 g/mol. The number of fused-ring (bicyclic) bond motifs is 2. The number of ketones is 1. The fourth-order valence-corrected chi connectivity index (χ4v) is 6.63. The first-order valence-electron chi connectivity index (χ1n) is 14.6. The summed E-state index contributed by atoms with van der Waals surface area (Å²) in [4.78, 5) is 38.3. The van der Waals surface area contributed by atoms with Crippen LogP contribution in [0, 0.1) is 23.2 Å². The SMILES string of the molecule is C=C1C(=O)OC2CC(C)C3C=CC(=O)C3(C)C(OC(=O)CCCCCCCCCCCCCCC)C12. The van der Waals surface area contributed by atoms with Crippen LogP contribution < -0.4 is 0 Å². The van der Waals surface area contributed by atoms with Crippen molar-refractivity contribution in [3.05, 3.63) is 24.3 Å². The minimum atomic E-state index is -0.887. The van der Waals surface area contributed by atoms with Crippen molar-refractivity contribution in [1.29, 1.82) is 0 Å². The fourth-order valence-electron chi connectivity index (χ4n) is 6.63. The van der Waals surface area contributed by atoms with Crippen LogP contribution in [-0.2, 0) is 23.9 Å². The van der Waals surface area contributed by atoms with E-state index in [4.69, 9.17) is 9.47 Å². The summed E-state index contributed by atoms with van der Waals surface area (Å²) in [5.41, 5.74) is -0.561. The van der Waals surface area contributed by atoms with Gasteiger partial charge in [0.1, 0.15) is 12.2 Å². The Morgan fingerprint density at radius 1 is 1.00 bits per heavy atom. The lowest BCUT2D eigenvalue weighted by Crippen LogP contribution is -2.49. The average Bonchev–Trinajstić information content (AvgIpc) is 3.27. The highest BCUT2D eigenvalue weighted by Gasteiger charge is 2.61. The van der Waals surface area contributed by atoms with Crippen LogP contribution >= 0.6 is 0 Å². The molecule has 0 amide bonds. The first-order valence-corrected chi connectivity index (χ1v) is 14.6. The zero-order valence-corrected chi connectivity index (χ0v) is 22.9. The third-order valence-electron chi connectivity index (χ3n) is 8.88. The average molecular weight is 501 g/mol. The first kappa shape index (κ1) is 28.7. The molecule has 1 saturated heterocycles. The molecule has 1 saturated carbocycles. The lowest BCUT2D eigenvalue weighted by atomic mass is 9.67. The van der Waals surface area contributed by atoms with Crippen molar-refractivity contribution in [2.45, 2.75) is 129 Å². The summed E-state index contributed by atoms with van der Waals surface area (Å²) in [6, 6.07) is 0. The largest absolute Gasteiger partial charge is 0.460 e. The molecule has 0 aromatic rings. The van der Waals surface area contributed by atoms with Crippen molar-refractivity contribution in [1.82, 2.24) is 0 Å². The molecule has 3 rings (SSSR count). The van der Waals surface area contributed by atoms with Crippen molar-refractivity contribution in [2.75, 3.05) is 0 Å². The van der Waals surface area contributed by atoms with Crippen molar-refractivity contribution in [2.24, 2.45) is 23.2 Å². The van der Waals surface area contributed by atoms with E-state index in [-0.39, 0.29) is 23.6 Å². The molecule has 2 fully saturated rings. The second kappa shape index (κ2) is 13.6. The number of hydrogen-bond acceptors (Lipinski definition) is 5. The van der Waals surface area contributed by atoms with E-state index in [9.17, 15) is 14.4 Å². The smallest absolute Gasteiger partial charge is 0.334 e. The van der Waals surface area contributed by atoms with Crippen LogP contribution in [0.15, 0.2) is 24.3 Å². The van der Waals surface area contributed by atoms with Crippen molar-refractivity contribution in [3.8, 4) is 0 Å². The van der Waals surface area contributed by atoms with E-state index in [0.29, 0.717) is 18.4 Å². The molecule has 0 N–H and O–H groups in total. The van der Waals surface area contributed by atoms with Crippen LogP contribution in [0.1, 0.15) is 117 Å². The maximum Gasteiger partial charge on any atom is 0.334 e. The minimum Gasteiger partial charge on any atom is -0.460 e. The van der Waals surface area contributed by atoms with Crippen LogP contribution in [0.25, 0.3) is 0 Å². The quantitative estimate of drug-likeness (QED) is 0.134. The number of allylic oxidation sites excluding steroid dienone is 2. The van der Waals surface area contributed by atoms with Gasteiger partial charge in [0, 0.05) is 12.0 Å². The van der Waals surface area contributed by atoms with Gasteiger partial charge >= 0.3 is 11.9 Å². The van der Waals surface area contributed by atoms with Crippen LogP contribution in [0.2, 0.25) is 0 Å². The predicted molar refractivity (Wildman–Crippen MR) is 142 cm³/mol. The second-order valence-corrected chi connectivity index (χ2v) is 11.6. The number of unbranched alkanes of at least 4 members (excludes halogenated alkanes) is 12. The van der Waals surface area contributed by atoms with Crippen molar-refractivity contribution < 1.29 is 23.9 Å². The highest BCUT2D eigenvalue weighted by atomic mass is 16.6. The van der Waals surface area contributed by atoms with Crippen LogP contribution in [0.5, 0.6) is 0 Å². The maximum atomic E-state index is 13.0.